The van der Waals surface area contributed by atoms with Gasteiger partial charge in [-0.15, -0.1) is 0 Å². The van der Waals surface area contributed by atoms with E-state index in [0.717, 1.165) is 24.5 Å². The number of methoxy groups -OCH3 is 1. The summed E-state index contributed by atoms with van der Waals surface area (Å²) < 4.78 is 12.6. The molecule has 0 saturated heterocycles. The molecule has 0 unspecified atom stereocenters. The highest BCUT2D eigenvalue weighted by molar-refractivity contribution is 5.27. The molecule has 0 aliphatic carbocycles. The number of aryl methyl sites for hydroxylation is 1. The molecule has 4 heteroatoms. The highest BCUT2D eigenvalue weighted by Crippen LogP contribution is 2.13. The van der Waals surface area contributed by atoms with Crippen LogP contribution >= 0.6 is 0 Å². The van der Waals surface area contributed by atoms with Crippen LogP contribution in [0.5, 0.6) is 11.5 Å². The van der Waals surface area contributed by atoms with Crippen molar-refractivity contribution in [1.82, 2.24) is 9.78 Å². The van der Waals surface area contributed by atoms with E-state index < -0.39 is 0 Å². The van der Waals surface area contributed by atoms with Crippen LogP contribution in [0.4, 0.5) is 0 Å². The minimum absolute atomic E-state index is 0.655. The molecule has 0 spiro atoms. The van der Waals surface area contributed by atoms with Crippen LogP contribution in [0.15, 0.2) is 36.7 Å². The summed E-state index contributed by atoms with van der Waals surface area (Å²) in [5, 5.41) is 4.16. The first-order valence-corrected chi connectivity index (χ1v) is 6.10. The Morgan fingerprint density at radius 2 is 1.94 bits per heavy atom. The van der Waals surface area contributed by atoms with Gasteiger partial charge in [0.15, 0.2) is 5.75 Å². The van der Waals surface area contributed by atoms with E-state index in [1.807, 2.05) is 29.9 Å². The number of rotatable bonds is 6. The Labute approximate surface area is 107 Å². The highest BCUT2D eigenvalue weighted by atomic mass is 16.5. The van der Waals surface area contributed by atoms with Crippen LogP contribution in [-0.4, -0.2) is 23.5 Å². The van der Waals surface area contributed by atoms with Gasteiger partial charge in [-0.2, -0.15) is 5.10 Å². The molecular weight excluding hydrogens is 228 g/mol. The fourth-order valence-corrected chi connectivity index (χ4v) is 1.67. The van der Waals surface area contributed by atoms with Crippen molar-refractivity contribution < 1.29 is 9.47 Å². The van der Waals surface area contributed by atoms with Crippen LogP contribution in [-0.2, 0) is 13.0 Å². The topological polar surface area (TPSA) is 36.3 Å². The first-order chi connectivity index (χ1) is 8.81. The second-order valence-corrected chi connectivity index (χ2v) is 3.98. The Hall–Kier alpha value is -1.97. The van der Waals surface area contributed by atoms with E-state index in [4.69, 9.17) is 9.47 Å². The molecule has 1 aromatic carbocycles. The molecule has 4 nitrogen and oxygen atoms in total. The molecule has 0 saturated carbocycles. The Balaban J connectivity index is 1.80. The molecule has 0 bridgehead atoms. The molecule has 0 fully saturated rings. The first kappa shape index (κ1) is 12.5. The van der Waals surface area contributed by atoms with Crippen molar-refractivity contribution in [3.63, 3.8) is 0 Å². The summed E-state index contributed by atoms with van der Waals surface area (Å²) in [5.74, 6) is 1.70. The largest absolute Gasteiger partial charge is 0.497 e. The Morgan fingerprint density at radius 1 is 1.17 bits per heavy atom. The second-order valence-electron chi connectivity index (χ2n) is 3.98. The van der Waals surface area contributed by atoms with Gasteiger partial charge in [-0.1, -0.05) is 12.1 Å². The molecule has 0 atom stereocenters. The zero-order chi connectivity index (χ0) is 12.8. The predicted molar refractivity (Wildman–Crippen MR) is 70.1 cm³/mol. The quantitative estimate of drug-likeness (QED) is 0.786. The molecular formula is C14H18N2O2. The molecule has 0 amide bonds. The third-order valence-electron chi connectivity index (χ3n) is 2.75. The van der Waals surface area contributed by atoms with E-state index in [0.29, 0.717) is 6.61 Å². The normalized spacial score (nSPS) is 10.3. The third-order valence-corrected chi connectivity index (χ3v) is 2.75. The number of aromatic nitrogens is 2. The van der Waals surface area contributed by atoms with Gasteiger partial charge in [0.2, 0.25) is 0 Å². The van der Waals surface area contributed by atoms with Crippen molar-refractivity contribution in [2.45, 2.75) is 19.9 Å². The Kier molecular flexibility index (Phi) is 4.23. The van der Waals surface area contributed by atoms with Gasteiger partial charge >= 0.3 is 0 Å². The minimum Gasteiger partial charge on any atom is -0.497 e. The summed E-state index contributed by atoms with van der Waals surface area (Å²) in [6, 6.07) is 8.03. The van der Waals surface area contributed by atoms with Crippen molar-refractivity contribution in [3.8, 4) is 11.5 Å². The van der Waals surface area contributed by atoms with Gasteiger partial charge in [-0.3, -0.25) is 4.68 Å². The Bertz CT molecular complexity index is 477. The van der Waals surface area contributed by atoms with E-state index in [9.17, 15) is 0 Å². The maximum atomic E-state index is 5.63. The number of benzene rings is 1. The number of hydrogen-bond donors (Lipinski definition) is 0. The lowest BCUT2D eigenvalue weighted by Crippen LogP contribution is -2.00. The summed E-state index contributed by atoms with van der Waals surface area (Å²) in [5.41, 5.74) is 1.23. The van der Waals surface area contributed by atoms with Gasteiger partial charge in [-0.05, 0) is 24.6 Å². The summed E-state index contributed by atoms with van der Waals surface area (Å²) >= 11 is 0. The van der Waals surface area contributed by atoms with Crippen molar-refractivity contribution in [2.24, 2.45) is 0 Å². The standard InChI is InChI=1S/C14H18N2O2/c1-3-16-11-14(10-15-16)18-9-8-12-4-6-13(17-2)7-5-12/h4-7,10-11H,3,8-9H2,1-2H3. The predicted octanol–water partition coefficient (Wildman–Crippen LogP) is 2.53. The molecule has 2 aromatic rings. The van der Waals surface area contributed by atoms with Gasteiger partial charge in [0.05, 0.1) is 26.1 Å². The van der Waals surface area contributed by atoms with Crippen LogP contribution in [0, 0.1) is 0 Å². The van der Waals surface area contributed by atoms with Crippen LogP contribution < -0.4 is 9.47 Å². The zero-order valence-electron chi connectivity index (χ0n) is 10.8. The fourth-order valence-electron chi connectivity index (χ4n) is 1.67. The van der Waals surface area contributed by atoms with E-state index >= 15 is 0 Å². The maximum Gasteiger partial charge on any atom is 0.157 e. The van der Waals surface area contributed by atoms with Gasteiger partial charge in [-0.25, -0.2) is 0 Å². The molecule has 1 heterocycles. The molecule has 2 rings (SSSR count). The summed E-state index contributed by atoms with van der Waals surface area (Å²) in [6.07, 6.45) is 4.53. The number of hydrogen-bond acceptors (Lipinski definition) is 3. The lowest BCUT2D eigenvalue weighted by molar-refractivity contribution is 0.321. The van der Waals surface area contributed by atoms with Crippen molar-refractivity contribution in [2.75, 3.05) is 13.7 Å². The molecule has 18 heavy (non-hydrogen) atoms. The van der Waals surface area contributed by atoms with E-state index in [1.165, 1.54) is 5.56 Å². The van der Waals surface area contributed by atoms with Crippen molar-refractivity contribution in [1.29, 1.82) is 0 Å². The Morgan fingerprint density at radius 3 is 2.56 bits per heavy atom. The summed E-state index contributed by atoms with van der Waals surface area (Å²) in [7, 11) is 1.67. The van der Waals surface area contributed by atoms with Crippen molar-refractivity contribution in [3.05, 3.63) is 42.2 Å². The average molecular weight is 246 g/mol. The lowest BCUT2D eigenvalue weighted by atomic mass is 10.1. The molecule has 0 aliphatic rings. The van der Waals surface area contributed by atoms with Gasteiger partial charge in [0.1, 0.15) is 5.75 Å². The van der Waals surface area contributed by atoms with Gasteiger partial charge in [0, 0.05) is 13.0 Å². The second kappa shape index (κ2) is 6.10. The molecule has 1 aromatic heterocycles. The maximum absolute atomic E-state index is 5.63. The molecule has 96 valence electrons. The third kappa shape index (κ3) is 3.26. The average Bonchev–Trinajstić information content (AvgIpc) is 2.87. The zero-order valence-corrected chi connectivity index (χ0v) is 10.8. The molecule has 0 aliphatic heterocycles. The van der Waals surface area contributed by atoms with Crippen molar-refractivity contribution >= 4 is 0 Å². The molecule has 0 radical (unpaired) electrons. The van der Waals surface area contributed by atoms with E-state index in [2.05, 4.69) is 17.2 Å². The van der Waals surface area contributed by atoms with Crippen LogP contribution in [0.1, 0.15) is 12.5 Å². The van der Waals surface area contributed by atoms with E-state index in [-0.39, 0.29) is 0 Å². The minimum atomic E-state index is 0.655. The SMILES string of the molecule is CCn1cc(OCCc2ccc(OC)cc2)cn1. The first-order valence-electron chi connectivity index (χ1n) is 6.10. The fraction of sp³-hybridized carbons (Fsp3) is 0.357. The number of nitrogens with zero attached hydrogens (tertiary/aromatic N) is 2. The van der Waals surface area contributed by atoms with Crippen LogP contribution in [0.25, 0.3) is 0 Å². The monoisotopic (exact) mass is 246 g/mol. The molecule has 0 N–H and O–H groups in total. The summed E-state index contributed by atoms with van der Waals surface area (Å²) in [4.78, 5) is 0. The van der Waals surface area contributed by atoms with Gasteiger partial charge in [0.25, 0.3) is 0 Å². The number of ether oxygens (including phenoxy) is 2. The van der Waals surface area contributed by atoms with Crippen LogP contribution in [0.2, 0.25) is 0 Å². The summed E-state index contributed by atoms with van der Waals surface area (Å²) in [6.45, 7) is 3.57. The lowest BCUT2D eigenvalue weighted by Gasteiger charge is -2.04. The van der Waals surface area contributed by atoms with E-state index in [1.54, 1.807) is 13.3 Å². The smallest absolute Gasteiger partial charge is 0.157 e. The van der Waals surface area contributed by atoms with Crippen LogP contribution in [0.3, 0.4) is 0 Å². The van der Waals surface area contributed by atoms with Gasteiger partial charge < -0.3 is 9.47 Å². The highest BCUT2D eigenvalue weighted by Gasteiger charge is 1.99.